The summed E-state index contributed by atoms with van der Waals surface area (Å²) in [6, 6.07) is 1.56. The van der Waals surface area contributed by atoms with E-state index in [1.54, 1.807) is 0 Å². The van der Waals surface area contributed by atoms with E-state index in [0.717, 1.165) is 18.3 Å². The van der Waals surface area contributed by atoms with Crippen LogP contribution >= 0.6 is 0 Å². The maximum Gasteiger partial charge on any atom is 0.252 e. The van der Waals surface area contributed by atoms with Crippen molar-refractivity contribution in [1.82, 2.24) is 9.97 Å². The van der Waals surface area contributed by atoms with E-state index >= 15 is 0 Å². The van der Waals surface area contributed by atoms with Crippen molar-refractivity contribution in [1.29, 1.82) is 0 Å². The molecule has 0 bridgehead atoms. The van der Waals surface area contributed by atoms with Crippen LogP contribution in [0.25, 0.3) is 0 Å². The minimum atomic E-state index is -0.877. The molecule has 0 unspecified atom stereocenters. The number of hydrogen-bond acceptors (Lipinski definition) is 7. The van der Waals surface area contributed by atoms with E-state index in [4.69, 9.17) is 16.2 Å². The van der Waals surface area contributed by atoms with Gasteiger partial charge >= 0.3 is 0 Å². The van der Waals surface area contributed by atoms with Crippen molar-refractivity contribution in [2.24, 2.45) is 11.5 Å². The summed E-state index contributed by atoms with van der Waals surface area (Å²) in [4.78, 5) is 19.4. The van der Waals surface area contributed by atoms with Crippen molar-refractivity contribution in [3.8, 4) is 0 Å². The Morgan fingerprint density at radius 2 is 2.08 bits per heavy atom. The lowest BCUT2D eigenvalue weighted by molar-refractivity contribution is 0.0751. The summed E-state index contributed by atoms with van der Waals surface area (Å²) in [6.45, 7) is 0.838. The van der Waals surface area contributed by atoms with E-state index in [9.17, 15) is 13.6 Å². The van der Waals surface area contributed by atoms with Gasteiger partial charge in [0.2, 0.25) is 0 Å². The van der Waals surface area contributed by atoms with E-state index in [1.807, 2.05) is 0 Å². The molecular weight excluding hydrogens is 346 g/mol. The molecule has 1 aliphatic heterocycles. The summed E-state index contributed by atoms with van der Waals surface area (Å²) in [5.41, 5.74) is 11.3. The molecule has 26 heavy (non-hydrogen) atoms. The predicted molar refractivity (Wildman–Crippen MR) is 91.0 cm³/mol. The number of hydrogen-bond donors (Lipinski definition) is 4. The van der Waals surface area contributed by atoms with Crippen LogP contribution in [0.3, 0.4) is 0 Å². The monoisotopic (exact) mass is 364 g/mol. The van der Waals surface area contributed by atoms with Gasteiger partial charge in [-0.25, -0.2) is 13.8 Å². The van der Waals surface area contributed by atoms with Crippen LogP contribution in [0.1, 0.15) is 16.8 Å². The fourth-order valence-corrected chi connectivity index (χ4v) is 2.60. The molecule has 2 atom stereocenters. The number of nitrogens with two attached hydrogens (primary N) is 2. The SMILES string of the molecule is NC(=O)c1cc(F)c(N[C@@H]2CCOC[C@@H]2N)nc1Nc1cncc(F)c1. The largest absolute Gasteiger partial charge is 0.380 e. The van der Waals surface area contributed by atoms with Crippen molar-refractivity contribution >= 4 is 23.2 Å². The van der Waals surface area contributed by atoms with E-state index in [0.29, 0.717) is 19.6 Å². The fourth-order valence-electron chi connectivity index (χ4n) is 2.60. The van der Waals surface area contributed by atoms with Crippen LogP contribution in [-0.4, -0.2) is 41.2 Å². The molecule has 10 heteroatoms. The summed E-state index contributed by atoms with van der Waals surface area (Å²) in [7, 11) is 0. The van der Waals surface area contributed by atoms with Crippen LogP contribution in [-0.2, 0) is 4.74 Å². The van der Waals surface area contributed by atoms with Gasteiger partial charge in [0.05, 0.1) is 30.3 Å². The van der Waals surface area contributed by atoms with Crippen LogP contribution in [0.15, 0.2) is 24.5 Å². The number of amides is 1. The molecule has 8 nitrogen and oxygen atoms in total. The van der Waals surface area contributed by atoms with Gasteiger partial charge in [0.15, 0.2) is 11.6 Å². The normalized spacial score (nSPS) is 19.8. The molecule has 0 aromatic carbocycles. The number of carbonyl (C=O) groups excluding carboxylic acids is 1. The number of halogens is 2. The molecule has 0 saturated carbocycles. The Bertz CT molecular complexity index is 819. The van der Waals surface area contributed by atoms with Gasteiger partial charge in [-0.05, 0) is 12.5 Å². The second-order valence-electron chi connectivity index (χ2n) is 5.87. The number of pyridine rings is 2. The molecular formula is C16H18F2N6O2. The summed E-state index contributed by atoms with van der Waals surface area (Å²) < 4.78 is 32.9. The number of carbonyl (C=O) groups is 1. The second-order valence-corrected chi connectivity index (χ2v) is 5.87. The first kappa shape index (κ1) is 18.0. The van der Waals surface area contributed by atoms with Crippen molar-refractivity contribution in [2.75, 3.05) is 23.8 Å². The zero-order chi connectivity index (χ0) is 18.7. The average molecular weight is 364 g/mol. The van der Waals surface area contributed by atoms with Crippen LogP contribution < -0.4 is 22.1 Å². The molecule has 6 N–H and O–H groups in total. The molecule has 1 aliphatic rings. The number of anilines is 3. The van der Waals surface area contributed by atoms with E-state index in [1.165, 1.54) is 6.20 Å². The second kappa shape index (κ2) is 7.58. The smallest absolute Gasteiger partial charge is 0.252 e. The summed E-state index contributed by atoms with van der Waals surface area (Å²) >= 11 is 0. The number of rotatable bonds is 5. The quantitative estimate of drug-likeness (QED) is 0.626. The molecule has 1 saturated heterocycles. The molecule has 1 fully saturated rings. The molecule has 3 rings (SSSR count). The first-order valence-electron chi connectivity index (χ1n) is 7.92. The summed E-state index contributed by atoms with van der Waals surface area (Å²) in [5, 5.41) is 5.66. The molecule has 1 amide bonds. The highest BCUT2D eigenvalue weighted by atomic mass is 19.1. The summed E-state index contributed by atoms with van der Waals surface area (Å²) in [5.74, 6) is -2.32. The predicted octanol–water partition coefficient (Wildman–Crippen LogP) is 1.13. The van der Waals surface area contributed by atoms with Crippen LogP contribution in [0, 0.1) is 11.6 Å². The van der Waals surface area contributed by atoms with Gasteiger partial charge in [0.1, 0.15) is 11.6 Å². The minimum Gasteiger partial charge on any atom is -0.380 e. The van der Waals surface area contributed by atoms with Gasteiger partial charge < -0.3 is 26.8 Å². The number of primary amides is 1. The number of nitrogens with one attached hydrogen (secondary N) is 2. The Balaban J connectivity index is 1.92. The Kier molecular flexibility index (Phi) is 5.24. The minimum absolute atomic E-state index is 0.0190. The number of ether oxygens (including phenoxy) is 1. The molecule has 138 valence electrons. The Labute approximate surface area is 147 Å². The average Bonchev–Trinajstić information content (AvgIpc) is 2.59. The van der Waals surface area contributed by atoms with Gasteiger partial charge in [0.25, 0.3) is 5.91 Å². The first-order valence-corrected chi connectivity index (χ1v) is 7.92. The van der Waals surface area contributed by atoms with Gasteiger partial charge in [-0.2, -0.15) is 0 Å². The Hall–Kier alpha value is -2.85. The summed E-state index contributed by atoms with van der Waals surface area (Å²) in [6.07, 6.45) is 2.94. The lowest BCUT2D eigenvalue weighted by Gasteiger charge is -2.30. The first-order chi connectivity index (χ1) is 12.4. The standard InChI is InChI=1S/C16H18F2N6O2/c17-8-3-9(6-21-5-8)22-15-10(14(20)25)4-11(18)16(24-15)23-13-1-2-26-7-12(13)19/h3-6,12-13H,1-2,7,19H2,(H2,20,25)(H2,22,23,24)/t12-,13+/m0/s1. The third-order valence-corrected chi connectivity index (χ3v) is 3.93. The van der Waals surface area contributed by atoms with Crippen LogP contribution in [0.5, 0.6) is 0 Å². The van der Waals surface area contributed by atoms with Gasteiger partial charge in [-0.1, -0.05) is 0 Å². The maximum absolute atomic E-state index is 14.4. The van der Waals surface area contributed by atoms with E-state index < -0.39 is 17.5 Å². The maximum atomic E-state index is 14.4. The van der Waals surface area contributed by atoms with E-state index in [2.05, 4.69) is 20.6 Å². The van der Waals surface area contributed by atoms with Crippen LogP contribution in [0.2, 0.25) is 0 Å². The lowest BCUT2D eigenvalue weighted by atomic mass is 10.0. The topological polar surface area (TPSA) is 128 Å². The highest BCUT2D eigenvalue weighted by molar-refractivity contribution is 5.98. The third kappa shape index (κ3) is 4.03. The zero-order valence-corrected chi connectivity index (χ0v) is 13.7. The van der Waals surface area contributed by atoms with Crippen molar-refractivity contribution < 1.29 is 18.3 Å². The molecule has 2 aromatic rings. The Morgan fingerprint density at radius 1 is 1.27 bits per heavy atom. The third-order valence-electron chi connectivity index (χ3n) is 3.93. The van der Waals surface area contributed by atoms with Gasteiger partial charge in [0, 0.05) is 24.8 Å². The van der Waals surface area contributed by atoms with Gasteiger partial charge in [-0.3, -0.25) is 9.78 Å². The van der Waals surface area contributed by atoms with Gasteiger partial charge in [-0.15, -0.1) is 0 Å². The molecule has 0 radical (unpaired) electrons. The molecule has 3 heterocycles. The van der Waals surface area contributed by atoms with Crippen LogP contribution in [0.4, 0.5) is 26.1 Å². The number of nitrogens with zero attached hydrogens (tertiary/aromatic N) is 2. The Morgan fingerprint density at radius 3 is 2.77 bits per heavy atom. The molecule has 0 spiro atoms. The van der Waals surface area contributed by atoms with Crippen molar-refractivity contribution in [3.05, 3.63) is 41.7 Å². The molecule has 0 aliphatic carbocycles. The molecule has 2 aromatic heterocycles. The highest BCUT2D eigenvalue weighted by Gasteiger charge is 2.25. The van der Waals surface area contributed by atoms with Crippen molar-refractivity contribution in [2.45, 2.75) is 18.5 Å². The lowest BCUT2D eigenvalue weighted by Crippen LogP contribution is -2.47. The van der Waals surface area contributed by atoms with Crippen molar-refractivity contribution in [3.63, 3.8) is 0 Å². The highest BCUT2D eigenvalue weighted by Crippen LogP contribution is 2.25. The van der Waals surface area contributed by atoms with E-state index in [-0.39, 0.29) is 35.0 Å². The number of aromatic nitrogens is 2. The fraction of sp³-hybridized carbons (Fsp3) is 0.312. The zero-order valence-electron chi connectivity index (χ0n) is 13.7.